The summed E-state index contributed by atoms with van der Waals surface area (Å²) in [6, 6.07) is 11.8. The van der Waals surface area contributed by atoms with Crippen molar-refractivity contribution in [3.8, 4) is 12.3 Å². The highest BCUT2D eigenvalue weighted by Crippen LogP contribution is 2.18. The maximum absolute atomic E-state index is 12.3. The van der Waals surface area contributed by atoms with Gasteiger partial charge in [-0.3, -0.25) is 9.52 Å². The number of carbonyl (C=O) groups is 1. The smallest absolute Gasteiger partial charge is 0.261 e. The van der Waals surface area contributed by atoms with E-state index in [0.29, 0.717) is 16.3 Å². The van der Waals surface area contributed by atoms with Crippen molar-refractivity contribution in [2.75, 3.05) is 11.3 Å². The molecular formula is C16H13ClN2O3S. The molecule has 5 nitrogen and oxygen atoms in total. The maximum atomic E-state index is 12.3. The first kappa shape index (κ1) is 16.9. The zero-order chi connectivity index (χ0) is 16.9. The summed E-state index contributed by atoms with van der Waals surface area (Å²) in [4.78, 5) is 11.7. The van der Waals surface area contributed by atoms with E-state index < -0.39 is 10.0 Å². The highest BCUT2D eigenvalue weighted by molar-refractivity contribution is 7.92. The van der Waals surface area contributed by atoms with Crippen molar-refractivity contribution in [1.82, 2.24) is 5.32 Å². The Morgan fingerprint density at radius 2 is 1.70 bits per heavy atom. The third kappa shape index (κ3) is 4.49. The minimum Gasteiger partial charge on any atom is -0.341 e. The van der Waals surface area contributed by atoms with Gasteiger partial charge in [0.15, 0.2) is 0 Å². The molecule has 2 N–H and O–H groups in total. The van der Waals surface area contributed by atoms with Gasteiger partial charge in [0.25, 0.3) is 15.9 Å². The van der Waals surface area contributed by atoms with E-state index in [1.54, 1.807) is 24.3 Å². The summed E-state index contributed by atoms with van der Waals surface area (Å²) in [5.74, 6) is 1.92. The number of amides is 1. The number of halogens is 1. The molecule has 0 heterocycles. The van der Waals surface area contributed by atoms with Gasteiger partial charge in [-0.2, -0.15) is 0 Å². The van der Waals surface area contributed by atoms with Crippen LogP contribution in [0.2, 0.25) is 5.02 Å². The first-order chi connectivity index (χ1) is 10.9. The molecule has 2 aromatic carbocycles. The van der Waals surface area contributed by atoms with Crippen molar-refractivity contribution in [1.29, 1.82) is 0 Å². The minimum absolute atomic E-state index is 0.0425. The highest BCUT2D eigenvalue weighted by Gasteiger charge is 2.15. The van der Waals surface area contributed by atoms with Crippen LogP contribution in [0.3, 0.4) is 0 Å². The Bertz CT molecular complexity index is 838. The van der Waals surface area contributed by atoms with E-state index in [4.69, 9.17) is 18.0 Å². The highest BCUT2D eigenvalue weighted by atomic mass is 35.5. The van der Waals surface area contributed by atoms with Crippen LogP contribution in [0, 0.1) is 12.3 Å². The predicted octanol–water partition coefficient (Wildman–Crippen LogP) is 2.50. The third-order valence-corrected chi connectivity index (χ3v) is 4.52. The van der Waals surface area contributed by atoms with Gasteiger partial charge < -0.3 is 5.32 Å². The molecule has 0 atom stereocenters. The molecule has 2 rings (SSSR count). The van der Waals surface area contributed by atoms with Crippen LogP contribution >= 0.6 is 11.6 Å². The number of hydrogen-bond acceptors (Lipinski definition) is 3. The molecule has 0 aliphatic rings. The van der Waals surface area contributed by atoms with Crippen LogP contribution in [0.15, 0.2) is 53.4 Å². The largest absolute Gasteiger partial charge is 0.341 e. The van der Waals surface area contributed by atoms with Crippen molar-refractivity contribution in [2.45, 2.75) is 4.90 Å². The second-order valence-corrected chi connectivity index (χ2v) is 6.64. The summed E-state index contributed by atoms with van der Waals surface area (Å²) < 4.78 is 27.0. The van der Waals surface area contributed by atoms with Gasteiger partial charge in [-0.15, -0.1) is 6.42 Å². The molecule has 23 heavy (non-hydrogen) atoms. The molecule has 0 radical (unpaired) electrons. The lowest BCUT2D eigenvalue weighted by Gasteiger charge is -2.09. The Morgan fingerprint density at radius 3 is 2.26 bits per heavy atom. The molecule has 0 aliphatic heterocycles. The second-order valence-electron chi connectivity index (χ2n) is 4.52. The van der Waals surface area contributed by atoms with Crippen LogP contribution in [0.1, 0.15) is 10.4 Å². The topological polar surface area (TPSA) is 75.3 Å². The summed E-state index contributed by atoms with van der Waals surface area (Å²) in [7, 11) is -3.74. The summed E-state index contributed by atoms with van der Waals surface area (Å²) in [5, 5.41) is 3.01. The number of benzene rings is 2. The Balaban J connectivity index is 2.15. The third-order valence-electron chi connectivity index (χ3n) is 2.87. The van der Waals surface area contributed by atoms with E-state index in [1.807, 2.05) is 0 Å². The van der Waals surface area contributed by atoms with E-state index in [2.05, 4.69) is 16.0 Å². The van der Waals surface area contributed by atoms with E-state index in [0.717, 1.165) is 0 Å². The summed E-state index contributed by atoms with van der Waals surface area (Å²) in [6.45, 7) is 0.108. The average molecular weight is 349 g/mol. The molecule has 0 fully saturated rings. The zero-order valence-electron chi connectivity index (χ0n) is 11.9. The summed E-state index contributed by atoms with van der Waals surface area (Å²) >= 11 is 5.76. The van der Waals surface area contributed by atoms with Crippen LogP contribution in [-0.2, 0) is 10.0 Å². The molecule has 0 aromatic heterocycles. The lowest BCUT2D eigenvalue weighted by Crippen LogP contribution is -2.23. The molecule has 1 amide bonds. The van der Waals surface area contributed by atoms with Crippen molar-refractivity contribution >= 4 is 33.2 Å². The Morgan fingerprint density at radius 1 is 1.09 bits per heavy atom. The van der Waals surface area contributed by atoms with E-state index >= 15 is 0 Å². The van der Waals surface area contributed by atoms with E-state index in [1.165, 1.54) is 24.3 Å². The normalized spacial score (nSPS) is 10.6. The fourth-order valence-corrected chi connectivity index (χ4v) is 2.94. The number of terminal acetylenes is 1. The van der Waals surface area contributed by atoms with Crippen LogP contribution < -0.4 is 10.0 Å². The fourth-order valence-electron chi connectivity index (χ4n) is 1.75. The van der Waals surface area contributed by atoms with Crippen LogP contribution in [0.4, 0.5) is 5.69 Å². The first-order valence-electron chi connectivity index (χ1n) is 6.52. The minimum atomic E-state index is -3.74. The number of carbonyl (C=O) groups excluding carboxylic acids is 1. The van der Waals surface area contributed by atoms with Gasteiger partial charge >= 0.3 is 0 Å². The standard InChI is InChI=1S/C16H13ClN2O3S/c1-2-11-18-16(20)12-3-9-15(10-4-12)23(21,22)19-14-7-5-13(17)6-8-14/h1,3-10,19H,11H2,(H,18,20). The molecule has 0 saturated carbocycles. The van der Waals surface area contributed by atoms with Gasteiger partial charge in [0.05, 0.1) is 11.4 Å². The molecule has 7 heteroatoms. The quantitative estimate of drug-likeness (QED) is 0.815. The van der Waals surface area contributed by atoms with Crippen molar-refractivity contribution < 1.29 is 13.2 Å². The number of anilines is 1. The van der Waals surface area contributed by atoms with E-state index in [9.17, 15) is 13.2 Å². The Labute approximate surface area is 139 Å². The average Bonchev–Trinajstić information content (AvgIpc) is 2.54. The van der Waals surface area contributed by atoms with Gasteiger partial charge in [-0.05, 0) is 48.5 Å². The molecule has 0 bridgehead atoms. The second kappa shape index (κ2) is 7.18. The first-order valence-corrected chi connectivity index (χ1v) is 8.38. The summed E-state index contributed by atoms with van der Waals surface area (Å²) in [6.07, 6.45) is 5.06. The van der Waals surface area contributed by atoms with Gasteiger partial charge in [0.1, 0.15) is 0 Å². The monoisotopic (exact) mass is 348 g/mol. The molecule has 2 aromatic rings. The fraction of sp³-hybridized carbons (Fsp3) is 0.0625. The molecule has 0 spiro atoms. The van der Waals surface area contributed by atoms with Gasteiger partial charge in [-0.25, -0.2) is 8.42 Å². The molecule has 0 aliphatic carbocycles. The Kier molecular flexibility index (Phi) is 5.27. The molecule has 0 saturated heterocycles. The van der Waals surface area contributed by atoms with Crippen LogP contribution in [0.25, 0.3) is 0 Å². The number of hydrogen-bond donors (Lipinski definition) is 2. The zero-order valence-corrected chi connectivity index (χ0v) is 13.5. The van der Waals surface area contributed by atoms with Gasteiger partial charge in [-0.1, -0.05) is 17.5 Å². The maximum Gasteiger partial charge on any atom is 0.261 e. The molecule has 118 valence electrons. The van der Waals surface area contributed by atoms with Crippen molar-refractivity contribution in [3.63, 3.8) is 0 Å². The predicted molar refractivity (Wildman–Crippen MR) is 89.9 cm³/mol. The van der Waals surface area contributed by atoms with E-state index in [-0.39, 0.29) is 17.3 Å². The SMILES string of the molecule is C#CCNC(=O)c1ccc(S(=O)(=O)Nc2ccc(Cl)cc2)cc1. The lowest BCUT2D eigenvalue weighted by atomic mass is 10.2. The van der Waals surface area contributed by atoms with Crippen LogP contribution in [0.5, 0.6) is 0 Å². The van der Waals surface area contributed by atoms with Crippen molar-refractivity contribution in [3.05, 3.63) is 59.1 Å². The van der Waals surface area contributed by atoms with Gasteiger partial charge in [0.2, 0.25) is 0 Å². The Hall–Kier alpha value is -2.49. The lowest BCUT2D eigenvalue weighted by molar-refractivity contribution is 0.0958. The molecular weight excluding hydrogens is 336 g/mol. The van der Waals surface area contributed by atoms with Crippen molar-refractivity contribution in [2.24, 2.45) is 0 Å². The number of rotatable bonds is 5. The number of sulfonamides is 1. The van der Waals surface area contributed by atoms with Gasteiger partial charge in [0, 0.05) is 16.3 Å². The van der Waals surface area contributed by atoms with Crippen LogP contribution in [-0.4, -0.2) is 20.9 Å². The molecule has 0 unspecified atom stereocenters. The number of nitrogens with one attached hydrogen (secondary N) is 2. The summed E-state index contributed by atoms with van der Waals surface area (Å²) in [5.41, 5.74) is 0.718.